The number of pyridine rings is 1. The summed E-state index contributed by atoms with van der Waals surface area (Å²) in [5.74, 6) is -1.03. The molecule has 27 heavy (non-hydrogen) atoms. The Kier molecular flexibility index (Phi) is 5.66. The van der Waals surface area contributed by atoms with E-state index in [0.717, 1.165) is 4.47 Å². The number of benzene rings is 1. The zero-order valence-corrected chi connectivity index (χ0v) is 16.0. The molecule has 7 nitrogen and oxygen atoms in total. The summed E-state index contributed by atoms with van der Waals surface area (Å²) in [5.41, 5.74) is 1.37. The maximum absolute atomic E-state index is 12.9. The van der Waals surface area contributed by atoms with Crippen LogP contribution >= 0.6 is 15.9 Å². The molecule has 8 heteroatoms. The summed E-state index contributed by atoms with van der Waals surface area (Å²) in [5, 5.41) is 9.18. The molecule has 0 bridgehead atoms. The second kappa shape index (κ2) is 8.13. The minimum atomic E-state index is -1.12. The van der Waals surface area contributed by atoms with E-state index in [-0.39, 0.29) is 18.1 Å². The van der Waals surface area contributed by atoms with Crippen molar-refractivity contribution in [2.45, 2.75) is 13.5 Å². The largest absolute Gasteiger partial charge is 0.480 e. The summed E-state index contributed by atoms with van der Waals surface area (Å²) >= 11 is 3.43. The third kappa shape index (κ3) is 4.40. The Balaban J connectivity index is 1.92. The van der Waals surface area contributed by atoms with Crippen molar-refractivity contribution in [3.8, 4) is 11.5 Å². The fourth-order valence-corrected chi connectivity index (χ4v) is 3.00. The molecule has 1 aromatic carbocycles. The van der Waals surface area contributed by atoms with Gasteiger partial charge in [-0.15, -0.1) is 0 Å². The van der Waals surface area contributed by atoms with E-state index < -0.39 is 18.4 Å². The Morgan fingerprint density at radius 2 is 1.93 bits per heavy atom. The number of rotatable bonds is 6. The van der Waals surface area contributed by atoms with Gasteiger partial charge in [0.25, 0.3) is 5.91 Å². The number of oxazole rings is 1. The monoisotopic (exact) mass is 429 g/mol. The van der Waals surface area contributed by atoms with Gasteiger partial charge >= 0.3 is 5.97 Å². The molecule has 0 fully saturated rings. The van der Waals surface area contributed by atoms with Gasteiger partial charge in [0.2, 0.25) is 5.89 Å². The molecule has 138 valence electrons. The van der Waals surface area contributed by atoms with Gasteiger partial charge < -0.3 is 14.4 Å². The topological polar surface area (TPSA) is 96.5 Å². The fraction of sp³-hybridized carbons (Fsp3) is 0.158. The summed E-state index contributed by atoms with van der Waals surface area (Å²) in [4.78, 5) is 33.8. The number of amides is 1. The lowest BCUT2D eigenvalue weighted by Crippen LogP contribution is -2.36. The second-order valence-electron chi connectivity index (χ2n) is 5.78. The van der Waals surface area contributed by atoms with Crippen LogP contribution in [0.3, 0.4) is 0 Å². The van der Waals surface area contributed by atoms with E-state index in [1.165, 1.54) is 4.90 Å². The Labute approximate surface area is 163 Å². The SMILES string of the molecule is Cc1oc(-c2ccccc2Br)nc1C(=O)N(CC(=O)O)Cc1ccccn1. The first-order valence-electron chi connectivity index (χ1n) is 8.09. The highest BCUT2D eigenvalue weighted by Crippen LogP contribution is 2.29. The van der Waals surface area contributed by atoms with Gasteiger partial charge in [0, 0.05) is 10.7 Å². The first-order valence-corrected chi connectivity index (χ1v) is 8.88. The number of hydrogen-bond acceptors (Lipinski definition) is 5. The number of aliphatic carboxylic acids is 1. The molecule has 2 aromatic heterocycles. The molecule has 0 radical (unpaired) electrons. The van der Waals surface area contributed by atoms with Crippen LogP contribution in [-0.2, 0) is 11.3 Å². The number of hydrogen-bond donors (Lipinski definition) is 1. The van der Waals surface area contributed by atoms with Gasteiger partial charge in [0.15, 0.2) is 5.69 Å². The van der Waals surface area contributed by atoms with Crippen molar-refractivity contribution in [3.05, 3.63) is 70.3 Å². The van der Waals surface area contributed by atoms with Crippen LogP contribution in [0.1, 0.15) is 21.9 Å². The fourth-order valence-electron chi connectivity index (χ4n) is 2.54. The van der Waals surface area contributed by atoms with Crippen molar-refractivity contribution in [3.63, 3.8) is 0 Å². The zero-order chi connectivity index (χ0) is 19.4. The molecule has 1 N–H and O–H groups in total. The van der Waals surface area contributed by atoms with Crippen molar-refractivity contribution >= 4 is 27.8 Å². The first-order chi connectivity index (χ1) is 13.0. The number of carbonyl (C=O) groups is 2. The van der Waals surface area contributed by atoms with Crippen molar-refractivity contribution in [1.82, 2.24) is 14.9 Å². The second-order valence-corrected chi connectivity index (χ2v) is 6.63. The van der Waals surface area contributed by atoms with Gasteiger partial charge in [0.1, 0.15) is 12.3 Å². The van der Waals surface area contributed by atoms with Crippen LogP contribution in [0.5, 0.6) is 0 Å². The number of aryl methyl sites for hydroxylation is 1. The van der Waals surface area contributed by atoms with E-state index in [2.05, 4.69) is 25.9 Å². The minimum Gasteiger partial charge on any atom is -0.480 e. The number of carboxylic acid groups (broad SMARTS) is 1. The average Bonchev–Trinajstić information content (AvgIpc) is 3.03. The highest BCUT2D eigenvalue weighted by molar-refractivity contribution is 9.10. The van der Waals surface area contributed by atoms with Crippen LogP contribution < -0.4 is 0 Å². The van der Waals surface area contributed by atoms with Crippen LogP contribution in [0.15, 0.2) is 57.6 Å². The summed E-state index contributed by atoms with van der Waals surface area (Å²) in [7, 11) is 0. The van der Waals surface area contributed by atoms with Crippen LogP contribution in [0.2, 0.25) is 0 Å². The average molecular weight is 430 g/mol. The third-order valence-corrected chi connectivity index (χ3v) is 4.49. The molecular formula is C19H16BrN3O4. The van der Waals surface area contributed by atoms with Crippen molar-refractivity contribution in [2.24, 2.45) is 0 Å². The van der Waals surface area contributed by atoms with Gasteiger partial charge in [0.05, 0.1) is 17.8 Å². The maximum Gasteiger partial charge on any atom is 0.323 e. The maximum atomic E-state index is 12.9. The molecule has 0 saturated heterocycles. The van der Waals surface area contributed by atoms with E-state index in [0.29, 0.717) is 17.0 Å². The van der Waals surface area contributed by atoms with Crippen molar-refractivity contribution in [1.29, 1.82) is 0 Å². The predicted molar refractivity (Wildman–Crippen MR) is 101 cm³/mol. The van der Waals surface area contributed by atoms with E-state index in [1.807, 2.05) is 24.3 Å². The quantitative estimate of drug-likeness (QED) is 0.643. The van der Waals surface area contributed by atoms with Crippen LogP contribution in [0.25, 0.3) is 11.5 Å². The lowest BCUT2D eigenvalue weighted by molar-refractivity contribution is -0.137. The first kappa shape index (κ1) is 18.8. The van der Waals surface area contributed by atoms with E-state index >= 15 is 0 Å². The van der Waals surface area contributed by atoms with Gasteiger partial charge in [-0.25, -0.2) is 4.98 Å². The number of halogens is 1. The van der Waals surface area contributed by atoms with Crippen LogP contribution in [0, 0.1) is 6.92 Å². The number of carboxylic acids is 1. The molecule has 0 aliphatic carbocycles. The normalized spacial score (nSPS) is 10.6. The highest BCUT2D eigenvalue weighted by Gasteiger charge is 2.26. The number of carbonyl (C=O) groups excluding carboxylic acids is 1. The molecule has 0 spiro atoms. The van der Waals surface area contributed by atoms with Gasteiger partial charge in [-0.05, 0) is 47.1 Å². The summed E-state index contributed by atoms with van der Waals surface area (Å²) in [6, 6.07) is 12.6. The van der Waals surface area contributed by atoms with Crippen LogP contribution in [0.4, 0.5) is 0 Å². The minimum absolute atomic E-state index is 0.0582. The molecule has 2 heterocycles. The summed E-state index contributed by atoms with van der Waals surface area (Å²) < 4.78 is 6.44. The van der Waals surface area contributed by atoms with E-state index in [1.54, 1.807) is 31.3 Å². The molecule has 0 saturated carbocycles. The Hall–Kier alpha value is -3.00. The lowest BCUT2D eigenvalue weighted by Gasteiger charge is -2.19. The molecule has 0 aliphatic rings. The standard InChI is InChI=1S/C19H16BrN3O4/c1-12-17(22-18(27-12)14-7-2-3-8-15(14)20)19(26)23(11-16(24)25)10-13-6-4-5-9-21-13/h2-9H,10-11H2,1H3,(H,24,25). The predicted octanol–water partition coefficient (Wildman–Crippen LogP) is 3.53. The molecule has 0 atom stereocenters. The molecule has 0 unspecified atom stereocenters. The van der Waals surface area contributed by atoms with Crippen molar-refractivity contribution < 1.29 is 19.1 Å². The number of nitrogens with zero attached hydrogens (tertiary/aromatic N) is 3. The third-order valence-electron chi connectivity index (χ3n) is 3.80. The van der Waals surface area contributed by atoms with Crippen LogP contribution in [-0.4, -0.2) is 38.4 Å². The Morgan fingerprint density at radius 1 is 1.19 bits per heavy atom. The molecule has 3 aromatic rings. The molecule has 3 rings (SSSR count). The Bertz CT molecular complexity index is 972. The summed E-state index contributed by atoms with van der Waals surface area (Å²) in [6.07, 6.45) is 1.59. The highest BCUT2D eigenvalue weighted by atomic mass is 79.9. The van der Waals surface area contributed by atoms with Crippen molar-refractivity contribution in [2.75, 3.05) is 6.54 Å². The van der Waals surface area contributed by atoms with E-state index in [9.17, 15) is 14.7 Å². The molecular weight excluding hydrogens is 414 g/mol. The molecule has 1 amide bonds. The van der Waals surface area contributed by atoms with Gasteiger partial charge in [-0.3, -0.25) is 14.6 Å². The summed E-state index contributed by atoms with van der Waals surface area (Å²) in [6.45, 7) is 1.22. The smallest absolute Gasteiger partial charge is 0.323 e. The van der Waals surface area contributed by atoms with E-state index in [4.69, 9.17) is 4.42 Å². The zero-order valence-electron chi connectivity index (χ0n) is 14.4. The Morgan fingerprint density at radius 3 is 2.59 bits per heavy atom. The van der Waals surface area contributed by atoms with Gasteiger partial charge in [-0.2, -0.15) is 0 Å². The van der Waals surface area contributed by atoms with Gasteiger partial charge in [-0.1, -0.05) is 18.2 Å². The lowest BCUT2D eigenvalue weighted by atomic mass is 10.2. The number of aromatic nitrogens is 2. The molecule has 0 aliphatic heterocycles.